The second-order valence-corrected chi connectivity index (χ2v) is 12.6. The third-order valence-corrected chi connectivity index (χ3v) is 9.02. The molecule has 0 spiro atoms. The first-order valence-electron chi connectivity index (χ1n) is 12.9. The lowest BCUT2D eigenvalue weighted by molar-refractivity contribution is -0.118. The van der Waals surface area contributed by atoms with E-state index in [-0.39, 0.29) is 17.2 Å². The van der Waals surface area contributed by atoms with Crippen LogP contribution < -0.4 is 10.6 Å². The average Bonchev–Trinajstić information content (AvgIpc) is 3.15. The first-order chi connectivity index (χ1) is 16.7. The quantitative estimate of drug-likeness (QED) is 0.435. The predicted octanol–water partition coefficient (Wildman–Crippen LogP) is 7.01. The predicted molar refractivity (Wildman–Crippen MR) is 147 cm³/mol. The summed E-state index contributed by atoms with van der Waals surface area (Å²) in [5.74, 6) is 0.339. The highest BCUT2D eigenvalue weighted by Gasteiger charge is 2.34. The van der Waals surface area contributed by atoms with Crippen molar-refractivity contribution >= 4 is 45.4 Å². The van der Waals surface area contributed by atoms with Crippen LogP contribution in [0.15, 0.2) is 24.3 Å². The molecule has 190 valence electrons. The number of carbonyl (C=O) groups excluding carboxylic acids is 2. The van der Waals surface area contributed by atoms with Crippen molar-refractivity contribution < 1.29 is 9.59 Å². The zero-order valence-electron chi connectivity index (χ0n) is 21.4. The van der Waals surface area contributed by atoms with Crippen LogP contribution >= 0.6 is 22.9 Å². The summed E-state index contributed by atoms with van der Waals surface area (Å²) in [4.78, 5) is 30.2. The maximum absolute atomic E-state index is 13.5. The van der Waals surface area contributed by atoms with Gasteiger partial charge < -0.3 is 10.6 Å². The Morgan fingerprint density at radius 3 is 2.69 bits per heavy atom. The van der Waals surface area contributed by atoms with Crippen LogP contribution in [0.3, 0.4) is 0 Å². The Morgan fingerprint density at radius 1 is 1.17 bits per heavy atom. The minimum atomic E-state index is -0.182. The second kappa shape index (κ2) is 11.0. The molecule has 1 aromatic heterocycles. The van der Waals surface area contributed by atoms with Crippen molar-refractivity contribution in [1.82, 2.24) is 4.90 Å². The van der Waals surface area contributed by atoms with Gasteiger partial charge in [-0.1, -0.05) is 51.8 Å². The SMILES string of the molecule is CC[C@H]1CCCCN1CC(=O)Nc1sc2c(c1C(=O)Nc1cccc(Cl)c1)CC[C@H](C(C)(C)C)C2. The Labute approximate surface area is 218 Å². The molecule has 2 amide bonds. The third kappa shape index (κ3) is 6.28. The Bertz CT molecular complexity index is 1070. The van der Waals surface area contributed by atoms with Gasteiger partial charge in [-0.2, -0.15) is 0 Å². The van der Waals surface area contributed by atoms with E-state index >= 15 is 0 Å². The van der Waals surface area contributed by atoms with Gasteiger partial charge in [0, 0.05) is 21.6 Å². The Balaban J connectivity index is 1.59. The number of thiophene rings is 1. The molecule has 1 aliphatic heterocycles. The highest BCUT2D eigenvalue weighted by molar-refractivity contribution is 7.17. The van der Waals surface area contributed by atoms with Gasteiger partial charge in [0.1, 0.15) is 5.00 Å². The van der Waals surface area contributed by atoms with Crippen LogP contribution in [0.1, 0.15) is 80.6 Å². The van der Waals surface area contributed by atoms with Crippen LogP contribution in [0.4, 0.5) is 10.7 Å². The first kappa shape index (κ1) is 26.2. The number of amides is 2. The number of benzene rings is 1. The van der Waals surface area contributed by atoms with Crippen LogP contribution in [0.5, 0.6) is 0 Å². The maximum atomic E-state index is 13.5. The van der Waals surface area contributed by atoms with Crippen molar-refractivity contribution in [3.05, 3.63) is 45.3 Å². The number of hydrogen-bond acceptors (Lipinski definition) is 4. The lowest BCUT2D eigenvalue weighted by atomic mass is 9.72. The van der Waals surface area contributed by atoms with E-state index in [4.69, 9.17) is 11.6 Å². The molecule has 4 rings (SSSR count). The number of hydrogen-bond donors (Lipinski definition) is 2. The standard InChI is InChI=1S/C28H38ClN3O2S/c1-5-21-11-6-7-14-32(21)17-24(33)31-27-25(26(34)30-20-10-8-9-19(29)16-20)22-13-12-18(28(2,3)4)15-23(22)35-27/h8-10,16,18,21H,5-7,11-15,17H2,1-4H3,(H,30,34)(H,31,33)/t18-,21-/m0/s1. The maximum Gasteiger partial charge on any atom is 0.258 e. The summed E-state index contributed by atoms with van der Waals surface area (Å²) < 4.78 is 0. The van der Waals surface area contributed by atoms with Gasteiger partial charge >= 0.3 is 0 Å². The van der Waals surface area contributed by atoms with E-state index in [1.165, 1.54) is 11.3 Å². The Morgan fingerprint density at radius 2 is 1.97 bits per heavy atom. The number of fused-ring (bicyclic) bond motifs is 1. The molecule has 1 aliphatic carbocycles. The number of halogens is 1. The van der Waals surface area contributed by atoms with Gasteiger partial charge in [-0.3, -0.25) is 14.5 Å². The first-order valence-corrected chi connectivity index (χ1v) is 14.1. The van der Waals surface area contributed by atoms with Crippen molar-refractivity contribution in [2.24, 2.45) is 11.3 Å². The van der Waals surface area contributed by atoms with Gasteiger partial charge in [0.25, 0.3) is 5.91 Å². The minimum Gasteiger partial charge on any atom is -0.322 e. The smallest absolute Gasteiger partial charge is 0.258 e. The highest BCUT2D eigenvalue weighted by Crippen LogP contribution is 2.44. The highest BCUT2D eigenvalue weighted by atomic mass is 35.5. The lowest BCUT2D eigenvalue weighted by Gasteiger charge is -2.34. The summed E-state index contributed by atoms with van der Waals surface area (Å²) in [6, 6.07) is 7.64. The summed E-state index contributed by atoms with van der Waals surface area (Å²) >= 11 is 7.72. The zero-order chi connectivity index (χ0) is 25.2. The number of nitrogens with one attached hydrogen (secondary N) is 2. The second-order valence-electron chi connectivity index (χ2n) is 11.1. The van der Waals surface area contributed by atoms with Crippen LogP contribution in [-0.4, -0.2) is 35.8 Å². The van der Waals surface area contributed by atoms with Gasteiger partial charge in [0.05, 0.1) is 12.1 Å². The molecule has 7 heteroatoms. The fraction of sp³-hybridized carbons (Fsp3) is 0.571. The number of rotatable bonds is 6. The van der Waals surface area contributed by atoms with E-state index in [0.717, 1.165) is 50.6 Å². The lowest BCUT2D eigenvalue weighted by Crippen LogP contribution is -2.43. The zero-order valence-corrected chi connectivity index (χ0v) is 23.0. The van der Waals surface area contributed by atoms with Crippen molar-refractivity contribution in [3.63, 3.8) is 0 Å². The number of anilines is 2. The minimum absolute atomic E-state index is 0.0341. The molecule has 0 saturated carbocycles. The molecule has 5 nitrogen and oxygen atoms in total. The molecule has 2 aliphatic rings. The summed E-state index contributed by atoms with van der Waals surface area (Å²) in [6.45, 7) is 10.4. The molecule has 0 unspecified atom stereocenters. The molecule has 2 heterocycles. The number of piperidine rings is 1. The van der Waals surface area contributed by atoms with Crippen molar-refractivity contribution in [1.29, 1.82) is 0 Å². The molecule has 1 fully saturated rings. The van der Waals surface area contributed by atoms with Crippen molar-refractivity contribution in [2.45, 2.75) is 78.7 Å². The normalized spacial score (nSPS) is 20.8. The topological polar surface area (TPSA) is 61.4 Å². The molecule has 35 heavy (non-hydrogen) atoms. The number of likely N-dealkylation sites (tertiary alicyclic amines) is 1. The van der Waals surface area contributed by atoms with Gasteiger partial charge in [0.2, 0.25) is 5.91 Å². The van der Waals surface area contributed by atoms with Crippen LogP contribution in [0.2, 0.25) is 5.02 Å². The summed E-state index contributed by atoms with van der Waals surface area (Å²) in [6.07, 6.45) is 7.42. The third-order valence-electron chi connectivity index (χ3n) is 7.62. The monoisotopic (exact) mass is 515 g/mol. The van der Waals surface area contributed by atoms with Gasteiger partial charge in [-0.15, -0.1) is 11.3 Å². The van der Waals surface area contributed by atoms with Crippen molar-refractivity contribution in [2.75, 3.05) is 23.7 Å². The van der Waals surface area contributed by atoms with E-state index in [0.29, 0.717) is 39.8 Å². The van der Waals surface area contributed by atoms with E-state index in [1.54, 1.807) is 23.5 Å². The average molecular weight is 516 g/mol. The van der Waals surface area contributed by atoms with Crippen LogP contribution in [-0.2, 0) is 17.6 Å². The molecule has 2 N–H and O–H groups in total. The fourth-order valence-electron chi connectivity index (χ4n) is 5.49. The molecule has 1 saturated heterocycles. The molecule has 0 bridgehead atoms. The molecular weight excluding hydrogens is 478 g/mol. The van der Waals surface area contributed by atoms with E-state index in [1.807, 2.05) is 12.1 Å². The van der Waals surface area contributed by atoms with Gasteiger partial charge in [-0.05, 0) is 80.2 Å². The van der Waals surface area contributed by atoms with Crippen molar-refractivity contribution in [3.8, 4) is 0 Å². The van der Waals surface area contributed by atoms with Crippen LogP contribution in [0, 0.1) is 11.3 Å². The van der Waals surface area contributed by atoms with E-state index < -0.39 is 0 Å². The summed E-state index contributed by atoms with van der Waals surface area (Å²) in [5, 5.41) is 7.40. The van der Waals surface area contributed by atoms with Crippen LogP contribution in [0.25, 0.3) is 0 Å². The largest absolute Gasteiger partial charge is 0.322 e. The molecule has 1 aromatic carbocycles. The number of carbonyl (C=O) groups is 2. The van der Waals surface area contributed by atoms with Gasteiger partial charge in [-0.25, -0.2) is 0 Å². The molecule has 0 radical (unpaired) electrons. The molecule has 2 atom stereocenters. The fourth-order valence-corrected chi connectivity index (χ4v) is 7.03. The molecular formula is C28H38ClN3O2S. The summed E-state index contributed by atoms with van der Waals surface area (Å²) in [5.41, 5.74) is 2.57. The molecule has 2 aromatic rings. The Kier molecular flexibility index (Phi) is 8.24. The number of nitrogens with zero attached hydrogens (tertiary/aromatic N) is 1. The van der Waals surface area contributed by atoms with E-state index in [9.17, 15) is 9.59 Å². The van der Waals surface area contributed by atoms with E-state index in [2.05, 4.69) is 43.2 Å². The summed E-state index contributed by atoms with van der Waals surface area (Å²) in [7, 11) is 0. The van der Waals surface area contributed by atoms with Gasteiger partial charge in [0.15, 0.2) is 0 Å². The Hall–Kier alpha value is -1.89.